The molecule has 1 aliphatic rings. The van der Waals surface area contributed by atoms with Crippen LogP contribution in [0.25, 0.3) is 11.1 Å². The van der Waals surface area contributed by atoms with Crippen LogP contribution in [0.5, 0.6) is 0 Å². The summed E-state index contributed by atoms with van der Waals surface area (Å²) in [6.07, 6.45) is 1.86. The largest absolute Gasteiger partial charge is 0.443 e. The molecule has 1 fully saturated rings. The average Bonchev–Trinajstić information content (AvgIpc) is 3.00. The smallest absolute Gasteiger partial charge is 0.231 e. The van der Waals surface area contributed by atoms with E-state index in [1.165, 1.54) is 0 Å². The van der Waals surface area contributed by atoms with Gasteiger partial charge in [0.05, 0.1) is 11.3 Å². The van der Waals surface area contributed by atoms with Gasteiger partial charge in [-0.15, -0.1) is 0 Å². The summed E-state index contributed by atoms with van der Waals surface area (Å²) in [5.41, 5.74) is 2.81. The topological polar surface area (TPSA) is 71.3 Å². The Hall–Kier alpha value is -2.89. The summed E-state index contributed by atoms with van der Waals surface area (Å²) in [4.78, 5) is 24.1. The molecule has 0 bridgehead atoms. The molecule has 0 saturated carbocycles. The number of fused-ring (bicyclic) bond motifs is 1. The van der Waals surface area contributed by atoms with E-state index in [1.54, 1.807) is 0 Å². The van der Waals surface area contributed by atoms with Gasteiger partial charge >= 0.3 is 0 Å². The summed E-state index contributed by atoms with van der Waals surface area (Å²) in [5, 5.41) is 4.05. The minimum absolute atomic E-state index is 0.0453. The molecule has 6 nitrogen and oxygen atoms in total. The fourth-order valence-corrected chi connectivity index (χ4v) is 3.87. The van der Waals surface area contributed by atoms with Crippen LogP contribution < -0.4 is 10.2 Å². The van der Waals surface area contributed by atoms with Crippen LogP contribution in [0, 0.1) is 26.7 Å². The van der Waals surface area contributed by atoms with Crippen molar-refractivity contribution in [2.75, 3.05) is 18.0 Å². The third-order valence-electron chi connectivity index (χ3n) is 5.52. The molecule has 3 aromatic rings. The minimum atomic E-state index is -0.0453. The van der Waals surface area contributed by atoms with E-state index in [2.05, 4.69) is 15.2 Å². The van der Waals surface area contributed by atoms with Gasteiger partial charge in [0.25, 0.3) is 0 Å². The number of rotatable bonds is 4. The Balaban J connectivity index is 1.52. The highest BCUT2D eigenvalue weighted by atomic mass is 16.3. The Bertz CT molecular complexity index is 997. The van der Waals surface area contributed by atoms with Gasteiger partial charge in [-0.05, 0) is 39.2 Å². The van der Waals surface area contributed by atoms with Crippen LogP contribution >= 0.6 is 0 Å². The molecule has 2 aromatic heterocycles. The van der Waals surface area contributed by atoms with E-state index in [-0.39, 0.29) is 11.8 Å². The zero-order valence-corrected chi connectivity index (χ0v) is 16.7. The highest BCUT2D eigenvalue weighted by molar-refractivity contribution is 5.90. The maximum absolute atomic E-state index is 12.8. The van der Waals surface area contributed by atoms with E-state index in [0.29, 0.717) is 24.6 Å². The lowest BCUT2D eigenvalue weighted by Crippen LogP contribution is -2.43. The van der Waals surface area contributed by atoms with Crippen LogP contribution in [-0.2, 0) is 11.3 Å². The quantitative estimate of drug-likeness (QED) is 0.750. The first-order valence-electron chi connectivity index (χ1n) is 9.84. The molecule has 1 saturated heterocycles. The first-order valence-corrected chi connectivity index (χ1v) is 9.84. The van der Waals surface area contributed by atoms with Crippen LogP contribution in [0.15, 0.2) is 34.7 Å². The number of carbonyl (C=O) groups excluding carboxylic acids is 1. The average molecular weight is 378 g/mol. The van der Waals surface area contributed by atoms with Gasteiger partial charge in [-0.25, -0.2) is 4.98 Å². The van der Waals surface area contributed by atoms with Crippen molar-refractivity contribution in [1.29, 1.82) is 0 Å². The van der Waals surface area contributed by atoms with Gasteiger partial charge in [-0.2, -0.15) is 4.98 Å². The molecule has 1 aliphatic heterocycles. The summed E-state index contributed by atoms with van der Waals surface area (Å²) >= 11 is 0. The molecule has 0 radical (unpaired) electrons. The first kappa shape index (κ1) is 18.5. The second-order valence-electron chi connectivity index (χ2n) is 7.55. The molecule has 1 aromatic carbocycles. The Kier molecular flexibility index (Phi) is 5.03. The molecule has 3 heterocycles. The minimum Gasteiger partial charge on any atom is -0.443 e. The normalized spacial score (nSPS) is 17.1. The number of furan rings is 1. The predicted molar refractivity (Wildman–Crippen MR) is 109 cm³/mol. The molecule has 146 valence electrons. The molecule has 6 heteroatoms. The molecular weight excluding hydrogens is 352 g/mol. The highest BCUT2D eigenvalue weighted by Crippen LogP contribution is 2.33. The molecule has 0 spiro atoms. The van der Waals surface area contributed by atoms with E-state index < -0.39 is 0 Å². The summed E-state index contributed by atoms with van der Waals surface area (Å²) in [7, 11) is 0. The third-order valence-corrected chi connectivity index (χ3v) is 5.52. The van der Waals surface area contributed by atoms with Gasteiger partial charge in [-0.1, -0.05) is 30.3 Å². The van der Waals surface area contributed by atoms with Gasteiger partial charge in [-0.3, -0.25) is 4.79 Å². The van der Waals surface area contributed by atoms with E-state index >= 15 is 0 Å². The molecule has 28 heavy (non-hydrogen) atoms. The predicted octanol–water partition coefficient (Wildman–Crippen LogP) is 3.68. The van der Waals surface area contributed by atoms with Crippen LogP contribution in [0.2, 0.25) is 0 Å². The molecule has 0 unspecified atom stereocenters. The molecular formula is C22H26N4O2. The van der Waals surface area contributed by atoms with Crippen LogP contribution in [-0.4, -0.2) is 29.0 Å². The van der Waals surface area contributed by atoms with Gasteiger partial charge in [0.1, 0.15) is 17.4 Å². The van der Waals surface area contributed by atoms with Gasteiger partial charge < -0.3 is 14.6 Å². The number of hydrogen-bond acceptors (Lipinski definition) is 5. The van der Waals surface area contributed by atoms with Crippen molar-refractivity contribution in [3.05, 3.63) is 53.0 Å². The number of benzene rings is 1. The highest BCUT2D eigenvalue weighted by Gasteiger charge is 2.29. The van der Waals surface area contributed by atoms with Gasteiger partial charge in [0.15, 0.2) is 0 Å². The summed E-state index contributed by atoms with van der Waals surface area (Å²) < 4.78 is 5.82. The number of aromatic nitrogens is 2. The second-order valence-corrected chi connectivity index (χ2v) is 7.55. The maximum atomic E-state index is 12.8. The zero-order chi connectivity index (χ0) is 19.7. The molecule has 1 atom stereocenters. The maximum Gasteiger partial charge on any atom is 0.231 e. The van der Waals surface area contributed by atoms with E-state index in [0.717, 1.165) is 47.5 Å². The van der Waals surface area contributed by atoms with E-state index in [9.17, 15) is 4.79 Å². The number of anilines is 1. The number of amides is 1. The first-order chi connectivity index (χ1) is 13.5. The van der Waals surface area contributed by atoms with Crippen molar-refractivity contribution in [3.8, 4) is 0 Å². The Morgan fingerprint density at radius 3 is 2.79 bits per heavy atom. The Labute approximate surface area is 165 Å². The monoisotopic (exact) mass is 378 g/mol. The molecule has 4 rings (SSSR count). The molecule has 1 amide bonds. The molecule has 1 N–H and O–H groups in total. The third kappa shape index (κ3) is 3.59. The Morgan fingerprint density at radius 1 is 1.21 bits per heavy atom. The fourth-order valence-electron chi connectivity index (χ4n) is 3.87. The zero-order valence-electron chi connectivity index (χ0n) is 16.7. The van der Waals surface area contributed by atoms with Crippen LogP contribution in [0.1, 0.15) is 35.6 Å². The number of carbonyl (C=O) groups is 1. The lowest BCUT2D eigenvalue weighted by Gasteiger charge is -2.33. The van der Waals surface area contributed by atoms with Crippen molar-refractivity contribution in [1.82, 2.24) is 15.3 Å². The van der Waals surface area contributed by atoms with E-state index in [4.69, 9.17) is 9.40 Å². The summed E-state index contributed by atoms with van der Waals surface area (Å²) in [6, 6.07) is 10.0. The van der Waals surface area contributed by atoms with Crippen molar-refractivity contribution < 1.29 is 9.21 Å². The number of nitrogens with one attached hydrogen (secondary N) is 1. The summed E-state index contributed by atoms with van der Waals surface area (Å²) in [6.45, 7) is 7.98. The van der Waals surface area contributed by atoms with Gasteiger partial charge in [0.2, 0.25) is 11.6 Å². The van der Waals surface area contributed by atoms with Crippen molar-refractivity contribution in [3.63, 3.8) is 0 Å². The van der Waals surface area contributed by atoms with Crippen LogP contribution in [0.3, 0.4) is 0 Å². The number of nitrogens with zero attached hydrogens (tertiary/aromatic N) is 3. The lowest BCUT2D eigenvalue weighted by atomic mass is 9.96. The Morgan fingerprint density at radius 2 is 2.00 bits per heavy atom. The SMILES string of the molecule is Cc1nc(N2CCC[C@@H](C(=O)NCc3ccccc3)C2)c2c(C)c(C)oc2n1. The number of piperidine rings is 1. The van der Waals surface area contributed by atoms with Gasteiger partial charge in [0, 0.05) is 25.2 Å². The number of aryl methyl sites for hydroxylation is 3. The lowest BCUT2D eigenvalue weighted by molar-refractivity contribution is -0.125. The summed E-state index contributed by atoms with van der Waals surface area (Å²) in [5.74, 6) is 2.50. The van der Waals surface area contributed by atoms with Crippen LogP contribution in [0.4, 0.5) is 5.82 Å². The van der Waals surface area contributed by atoms with Crippen molar-refractivity contribution >= 4 is 22.8 Å². The second kappa shape index (κ2) is 7.62. The van der Waals surface area contributed by atoms with E-state index in [1.807, 2.05) is 51.1 Å². The molecule has 0 aliphatic carbocycles. The van der Waals surface area contributed by atoms with Crippen molar-refractivity contribution in [2.24, 2.45) is 5.92 Å². The fraction of sp³-hybridized carbons (Fsp3) is 0.409. The standard InChI is InChI=1S/C22H26N4O2/c1-14-15(2)28-22-19(14)20(24-16(3)25-22)26-11-7-10-18(13-26)21(27)23-12-17-8-5-4-6-9-17/h4-6,8-9,18H,7,10-13H2,1-3H3,(H,23,27)/t18-/m1/s1. The van der Waals surface area contributed by atoms with Crippen molar-refractivity contribution in [2.45, 2.75) is 40.2 Å². The number of hydrogen-bond donors (Lipinski definition) is 1.